The molecule has 2 aromatic carbocycles. The van der Waals surface area contributed by atoms with E-state index in [9.17, 15) is 4.79 Å². The van der Waals surface area contributed by atoms with Crippen molar-refractivity contribution in [2.45, 2.75) is 25.8 Å². The van der Waals surface area contributed by atoms with Crippen LogP contribution in [0.2, 0.25) is 0 Å². The first-order chi connectivity index (χ1) is 17.4. The lowest BCUT2D eigenvalue weighted by atomic mass is 9.96. The predicted molar refractivity (Wildman–Crippen MR) is 138 cm³/mol. The van der Waals surface area contributed by atoms with E-state index in [1.165, 1.54) is 36.0 Å². The van der Waals surface area contributed by atoms with Gasteiger partial charge in [-0.15, -0.1) is 0 Å². The van der Waals surface area contributed by atoms with Crippen molar-refractivity contribution in [3.63, 3.8) is 0 Å². The van der Waals surface area contributed by atoms with Gasteiger partial charge in [0.2, 0.25) is 0 Å². The van der Waals surface area contributed by atoms with Gasteiger partial charge in [-0.25, -0.2) is 14.6 Å². The Morgan fingerprint density at radius 3 is 2.19 bits per heavy atom. The molecule has 0 radical (unpaired) electrons. The van der Waals surface area contributed by atoms with Crippen LogP contribution >= 0.6 is 0 Å². The van der Waals surface area contributed by atoms with Crippen LogP contribution in [0, 0.1) is 0 Å². The lowest BCUT2D eigenvalue weighted by Gasteiger charge is -2.27. The van der Waals surface area contributed by atoms with Gasteiger partial charge in [0.15, 0.2) is 0 Å². The van der Waals surface area contributed by atoms with Crippen LogP contribution in [0.1, 0.15) is 35.2 Å². The maximum absolute atomic E-state index is 12.9. The lowest BCUT2D eigenvalue weighted by molar-refractivity contribution is -0.159. The monoisotopic (exact) mass is 490 g/mol. The standard InChI is InChI=1S/C25H28N4O.C2H2O4/c1-26-24-13-11-22(17-27-24)28-25(30)20-10-12-23(19-8-4-2-5-9-19)21(16-20)18-29-14-6-3-7-15-29;3-1(4)2(5)6/h2,4-5,8-13,16-17H,3,6-7,14-15,18H2,1H3,(H,26,27)(H,28,30);(H,3,4)(H,5,6). The molecular formula is C27H30N4O5. The summed E-state index contributed by atoms with van der Waals surface area (Å²) >= 11 is 0. The number of carbonyl (C=O) groups excluding carboxylic acids is 1. The number of piperidine rings is 1. The highest BCUT2D eigenvalue weighted by molar-refractivity contribution is 6.27. The van der Waals surface area contributed by atoms with E-state index < -0.39 is 11.9 Å². The molecule has 36 heavy (non-hydrogen) atoms. The predicted octanol–water partition coefficient (Wildman–Crippen LogP) is 4.18. The fourth-order valence-corrected chi connectivity index (χ4v) is 3.94. The van der Waals surface area contributed by atoms with E-state index >= 15 is 0 Å². The first kappa shape index (κ1) is 26.4. The van der Waals surface area contributed by atoms with Crippen LogP contribution in [0.3, 0.4) is 0 Å². The van der Waals surface area contributed by atoms with Crippen LogP contribution in [-0.2, 0) is 16.1 Å². The number of nitrogens with zero attached hydrogens (tertiary/aromatic N) is 2. The van der Waals surface area contributed by atoms with Crippen molar-refractivity contribution < 1.29 is 24.6 Å². The summed E-state index contributed by atoms with van der Waals surface area (Å²) in [6.07, 6.45) is 5.47. The summed E-state index contributed by atoms with van der Waals surface area (Å²) in [6.45, 7) is 3.10. The number of carbonyl (C=O) groups is 3. The Kier molecular flexibility index (Phi) is 9.53. The first-order valence-corrected chi connectivity index (χ1v) is 11.7. The van der Waals surface area contributed by atoms with E-state index in [4.69, 9.17) is 19.8 Å². The van der Waals surface area contributed by atoms with E-state index in [0.29, 0.717) is 11.3 Å². The Bertz CT molecular complexity index is 1160. The Hall–Kier alpha value is -4.24. The molecule has 0 aliphatic carbocycles. The summed E-state index contributed by atoms with van der Waals surface area (Å²) in [4.78, 5) is 37.8. The number of aromatic nitrogens is 1. The number of benzene rings is 2. The van der Waals surface area contributed by atoms with Gasteiger partial charge in [-0.1, -0.05) is 42.8 Å². The maximum atomic E-state index is 12.9. The summed E-state index contributed by atoms with van der Waals surface area (Å²) in [5.41, 5.74) is 4.92. The van der Waals surface area contributed by atoms with Gasteiger partial charge in [-0.2, -0.15) is 0 Å². The van der Waals surface area contributed by atoms with Crippen molar-refractivity contribution >= 4 is 29.4 Å². The molecule has 0 spiro atoms. The summed E-state index contributed by atoms with van der Waals surface area (Å²) in [7, 11) is 1.82. The molecule has 3 aromatic rings. The Balaban J connectivity index is 0.000000538. The number of nitrogens with one attached hydrogen (secondary N) is 2. The number of carboxylic acid groups (broad SMARTS) is 2. The molecule has 0 saturated carbocycles. The fourth-order valence-electron chi connectivity index (χ4n) is 3.94. The highest BCUT2D eigenvalue weighted by atomic mass is 16.4. The Morgan fingerprint density at radius 2 is 1.61 bits per heavy atom. The van der Waals surface area contributed by atoms with Gasteiger partial charge in [0.05, 0.1) is 11.9 Å². The van der Waals surface area contributed by atoms with E-state index in [1.54, 1.807) is 6.20 Å². The molecule has 1 saturated heterocycles. The third kappa shape index (κ3) is 7.64. The molecule has 2 heterocycles. The van der Waals surface area contributed by atoms with Gasteiger partial charge < -0.3 is 20.8 Å². The van der Waals surface area contributed by atoms with Gasteiger partial charge in [0.1, 0.15) is 5.82 Å². The van der Waals surface area contributed by atoms with E-state index in [-0.39, 0.29) is 5.91 Å². The number of carboxylic acids is 2. The van der Waals surface area contributed by atoms with Gasteiger partial charge in [-0.05, 0) is 66.9 Å². The minimum Gasteiger partial charge on any atom is -0.473 e. The Morgan fingerprint density at radius 1 is 0.917 bits per heavy atom. The lowest BCUT2D eigenvalue weighted by Crippen LogP contribution is -2.29. The van der Waals surface area contributed by atoms with Gasteiger partial charge in [0.25, 0.3) is 5.91 Å². The number of rotatable bonds is 6. The molecule has 9 heteroatoms. The summed E-state index contributed by atoms with van der Waals surface area (Å²) in [5, 5.41) is 20.7. The number of amides is 1. The molecule has 1 aliphatic rings. The number of likely N-dealkylation sites (tertiary alicyclic amines) is 1. The minimum absolute atomic E-state index is 0.117. The number of hydrogen-bond acceptors (Lipinski definition) is 6. The normalized spacial score (nSPS) is 13.1. The van der Waals surface area contributed by atoms with Crippen molar-refractivity contribution in [1.82, 2.24) is 9.88 Å². The quantitative estimate of drug-likeness (QED) is 0.378. The van der Waals surface area contributed by atoms with Gasteiger partial charge in [-0.3, -0.25) is 9.69 Å². The smallest absolute Gasteiger partial charge is 0.414 e. The summed E-state index contributed by atoms with van der Waals surface area (Å²) < 4.78 is 0. The third-order valence-corrected chi connectivity index (χ3v) is 5.76. The topological polar surface area (TPSA) is 132 Å². The average molecular weight is 491 g/mol. The van der Waals surface area contributed by atoms with E-state index in [2.05, 4.69) is 50.8 Å². The number of pyridine rings is 1. The number of anilines is 2. The molecule has 4 N–H and O–H groups in total. The van der Waals surface area contributed by atoms with Crippen LogP contribution in [-0.4, -0.2) is 58.1 Å². The van der Waals surface area contributed by atoms with Crippen molar-refractivity contribution in [2.75, 3.05) is 30.8 Å². The van der Waals surface area contributed by atoms with Gasteiger partial charge >= 0.3 is 11.9 Å². The molecule has 0 unspecified atom stereocenters. The largest absolute Gasteiger partial charge is 0.473 e. The molecule has 4 rings (SSSR count). The van der Waals surface area contributed by atoms with Crippen molar-refractivity contribution in [3.05, 3.63) is 78.0 Å². The van der Waals surface area contributed by atoms with Crippen molar-refractivity contribution in [1.29, 1.82) is 0 Å². The van der Waals surface area contributed by atoms with Gasteiger partial charge in [0, 0.05) is 19.2 Å². The number of aliphatic carboxylic acids is 2. The highest BCUT2D eigenvalue weighted by Gasteiger charge is 2.16. The molecule has 9 nitrogen and oxygen atoms in total. The maximum Gasteiger partial charge on any atom is 0.414 e. The zero-order chi connectivity index (χ0) is 25.9. The fraction of sp³-hybridized carbons (Fsp3) is 0.259. The van der Waals surface area contributed by atoms with Crippen LogP contribution in [0.5, 0.6) is 0 Å². The zero-order valence-electron chi connectivity index (χ0n) is 20.1. The van der Waals surface area contributed by atoms with Crippen LogP contribution in [0.15, 0.2) is 66.9 Å². The minimum atomic E-state index is -1.82. The Labute approximate surface area is 209 Å². The van der Waals surface area contributed by atoms with Crippen molar-refractivity contribution in [3.8, 4) is 11.1 Å². The molecule has 0 bridgehead atoms. The summed E-state index contributed by atoms with van der Waals surface area (Å²) in [6, 6.07) is 20.1. The second-order valence-corrected chi connectivity index (χ2v) is 8.32. The van der Waals surface area contributed by atoms with E-state index in [1.807, 2.05) is 37.4 Å². The molecule has 188 valence electrons. The molecule has 1 aliphatic heterocycles. The zero-order valence-corrected chi connectivity index (χ0v) is 20.1. The first-order valence-electron chi connectivity index (χ1n) is 11.7. The average Bonchev–Trinajstić information content (AvgIpc) is 2.90. The molecule has 1 amide bonds. The molecule has 1 aromatic heterocycles. The van der Waals surface area contributed by atoms with Crippen LogP contribution in [0.4, 0.5) is 11.5 Å². The van der Waals surface area contributed by atoms with E-state index in [0.717, 1.165) is 25.5 Å². The second kappa shape index (κ2) is 13.0. The van der Waals surface area contributed by atoms with Crippen LogP contribution < -0.4 is 10.6 Å². The molecule has 0 atom stereocenters. The second-order valence-electron chi connectivity index (χ2n) is 8.32. The molecule has 1 fully saturated rings. The summed E-state index contributed by atoms with van der Waals surface area (Å²) in [5.74, 6) is -3.00. The van der Waals surface area contributed by atoms with Crippen LogP contribution in [0.25, 0.3) is 11.1 Å². The third-order valence-electron chi connectivity index (χ3n) is 5.76. The highest BCUT2D eigenvalue weighted by Crippen LogP contribution is 2.27. The molecular weight excluding hydrogens is 460 g/mol. The SMILES string of the molecule is CNc1ccc(NC(=O)c2ccc(-c3ccccc3)c(CN3CCCCC3)c2)cn1.O=C(O)C(=O)O. The van der Waals surface area contributed by atoms with Crippen molar-refractivity contribution in [2.24, 2.45) is 0 Å². The number of hydrogen-bond donors (Lipinski definition) is 4.